The summed E-state index contributed by atoms with van der Waals surface area (Å²) in [5.41, 5.74) is 12.0. The molecule has 0 atom stereocenters. The fourth-order valence-electron chi connectivity index (χ4n) is 3.49. The summed E-state index contributed by atoms with van der Waals surface area (Å²) in [6.45, 7) is 8.53. The van der Waals surface area contributed by atoms with Gasteiger partial charge in [-0.3, -0.25) is 4.98 Å². The molecular weight excluding hydrogens is 402 g/mol. The van der Waals surface area contributed by atoms with Gasteiger partial charge >= 0.3 is 0 Å². The molecule has 0 aliphatic carbocycles. The summed E-state index contributed by atoms with van der Waals surface area (Å²) >= 11 is 0. The molecule has 0 radical (unpaired) electrons. The average Bonchev–Trinajstić information content (AvgIpc) is 3.15. The van der Waals surface area contributed by atoms with E-state index in [1.165, 1.54) is 0 Å². The van der Waals surface area contributed by atoms with E-state index in [2.05, 4.69) is 41.1 Å². The van der Waals surface area contributed by atoms with Crippen LogP contribution in [-0.4, -0.2) is 35.1 Å². The van der Waals surface area contributed by atoms with Crippen molar-refractivity contribution in [2.75, 3.05) is 5.73 Å². The van der Waals surface area contributed by atoms with Crippen molar-refractivity contribution < 1.29 is 5.11 Å². The second-order valence-electron chi connectivity index (χ2n) is 8.83. The van der Waals surface area contributed by atoms with Crippen molar-refractivity contribution in [1.82, 2.24) is 29.9 Å². The van der Waals surface area contributed by atoms with E-state index in [0.717, 1.165) is 22.5 Å². The summed E-state index contributed by atoms with van der Waals surface area (Å²) in [5.74, 6) is 0.136. The van der Waals surface area contributed by atoms with Crippen molar-refractivity contribution >= 4 is 5.95 Å². The zero-order chi connectivity index (χ0) is 22.9. The van der Waals surface area contributed by atoms with Gasteiger partial charge in [0.15, 0.2) is 0 Å². The van der Waals surface area contributed by atoms with Crippen molar-refractivity contribution in [3.05, 3.63) is 71.2 Å². The molecule has 8 nitrogen and oxygen atoms in total. The zero-order valence-electron chi connectivity index (χ0n) is 18.7. The van der Waals surface area contributed by atoms with Crippen LogP contribution in [0.4, 0.5) is 5.95 Å². The molecule has 4 rings (SSSR count). The van der Waals surface area contributed by atoms with E-state index < -0.39 is 0 Å². The van der Waals surface area contributed by atoms with Crippen LogP contribution in [0.2, 0.25) is 0 Å². The van der Waals surface area contributed by atoms with Gasteiger partial charge in [0.2, 0.25) is 5.95 Å². The van der Waals surface area contributed by atoms with Crippen LogP contribution in [-0.2, 0) is 18.6 Å². The topological polar surface area (TPSA) is 116 Å². The van der Waals surface area contributed by atoms with Crippen molar-refractivity contribution in [1.29, 1.82) is 0 Å². The van der Waals surface area contributed by atoms with Gasteiger partial charge < -0.3 is 10.8 Å². The highest BCUT2D eigenvalue weighted by atomic mass is 16.3. The smallest absolute Gasteiger partial charge is 0.221 e. The quantitative estimate of drug-likeness (QED) is 0.498. The van der Waals surface area contributed by atoms with Crippen LogP contribution in [0.3, 0.4) is 0 Å². The first-order valence-electron chi connectivity index (χ1n) is 10.5. The normalized spacial score (nSPS) is 11.7. The first-order chi connectivity index (χ1) is 15.2. The number of aromatic nitrogens is 6. The fraction of sp³-hybridized carbons (Fsp3) is 0.292. The number of benzene rings is 1. The molecule has 1 aromatic carbocycles. The van der Waals surface area contributed by atoms with Crippen LogP contribution in [0.5, 0.6) is 0 Å². The molecule has 0 fully saturated rings. The molecule has 0 aliphatic heterocycles. The highest BCUT2D eigenvalue weighted by Gasteiger charge is 2.19. The van der Waals surface area contributed by atoms with E-state index in [1.807, 2.05) is 55.5 Å². The molecule has 3 heterocycles. The van der Waals surface area contributed by atoms with Gasteiger partial charge in [0.25, 0.3) is 0 Å². The Morgan fingerprint density at radius 3 is 2.44 bits per heavy atom. The Morgan fingerprint density at radius 2 is 1.72 bits per heavy atom. The summed E-state index contributed by atoms with van der Waals surface area (Å²) in [6, 6.07) is 15.7. The third-order valence-corrected chi connectivity index (χ3v) is 5.17. The molecule has 0 saturated heterocycles. The van der Waals surface area contributed by atoms with Crippen molar-refractivity contribution in [3.8, 4) is 22.6 Å². The molecule has 3 N–H and O–H groups in total. The van der Waals surface area contributed by atoms with Crippen LogP contribution >= 0.6 is 0 Å². The summed E-state index contributed by atoms with van der Waals surface area (Å²) in [7, 11) is 0. The lowest BCUT2D eigenvalue weighted by Gasteiger charge is -2.18. The number of nitrogens with zero attached hydrogens (tertiary/aromatic N) is 6. The highest BCUT2D eigenvalue weighted by Crippen LogP contribution is 2.27. The predicted molar refractivity (Wildman–Crippen MR) is 124 cm³/mol. The van der Waals surface area contributed by atoms with Gasteiger partial charge in [0, 0.05) is 16.7 Å². The van der Waals surface area contributed by atoms with E-state index in [-0.39, 0.29) is 18.0 Å². The maximum Gasteiger partial charge on any atom is 0.221 e. The molecule has 0 amide bonds. The number of hydrogen-bond donors (Lipinski definition) is 2. The maximum atomic E-state index is 10.1. The number of nitrogen functional groups attached to an aromatic ring is 1. The Bertz CT molecular complexity index is 1260. The van der Waals surface area contributed by atoms with Crippen molar-refractivity contribution in [2.45, 2.75) is 46.3 Å². The number of aryl methyl sites for hydroxylation is 1. The number of hydrogen-bond acceptors (Lipinski definition) is 7. The summed E-state index contributed by atoms with van der Waals surface area (Å²) < 4.78 is 1.65. The van der Waals surface area contributed by atoms with Crippen LogP contribution in [0, 0.1) is 6.92 Å². The molecular formula is C24H27N7O. The molecule has 0 saturated carbocycles. The summed E-state index contributed by atoms with van der Waals surface area (Å²) in [5, 5.41) is 18.7. The standard InChI is InChI=1S/C24H27N7O/c1-15-7-5-8-16(11-15)18-12-19(28-23(25)27-18)22-20(14-32)31(30-29-22)13-17-9-6-10-21(26-17)24(2,3)4/h5-12,32H,13-14H2,1-4H3,(H2,25,27,28). The van der Waals surface area contributed by atoms with E-state index >= 15 is 0 Å². The minimum Gasteiger partial charge on any atom is -0.390 e. The Kier molecular flexibility index (Phi) is 5.71. The van der Waals surface area contributed by atoms with Crippen molar-refractivity contribution in [2.24, 2.45) is 0 Å². The number of pyridine rings is 1. The number of nitrogens with two attached hydrogens (primary N) is 1. The molecule has 0 unspecified atom stereocenters. The Balaban J connectivity index is 1.71. The second kappa shape index (κ2) is 8.47. The molecule has 3 aromatic heterocycles. The molecule has 8 heteroatoms. The van der Waals surface area contributed by atoms with E-state index in [9.17, 15) is 5.11 Å². The SMILES string of the molecule is Cc1cccc(-c2cc(-c3nnn(Cc4cccc(C(C)(C)C)n4)c3CO)nc(N)n2)c1. The molecule has 164 valence electrons. The molecule has 4 aromatic rings. The van der Waals surface area contributed by atoms with Gasteiger partial charge in [-0.15, -0.1) is 5.10 Å². The maximum absolute atomic E-state index is 10.1. The van der Waals surface area contributed by atoms with Gasteiger partial charge in [-0.2, -0.15) is 0 Å². The third-order valence-electron chi connectivity index (χ3n) is 5.17. The Hall–Kier alpha value is -3.65. The average molecular weight is 430 g/mol. The lowest BCUT2D eigenvalue weighted by atomic mass is 9.91. The predicted octanol–water partition coefficient (Wildman–Crippen LogP) is 3.53. The zero-order valence-corrected chi connectivity index (χ0v) is 18.7. The number of aliphatic hydroxyl groups excluding tert-OH is 1. The first-order valence-corrected chi connectivity index (χ1v) is 10.5. The molecule has 0 bridgehead atoms. The van der Waals surface area contributed by atoms with Gasteiger partial charge in [-0.1, -0.05) is 55.8 Å². The van der Waals surface area contributed by atoms with Gasteiger partial charge in [0.05, 0.1) is 35.9 Å². The van der Waals surface area contributed by atoms with Crippen LogP contribution in [0.25, 0.3) is 22.6 Å². The lowest BCUT2D eigenvalue weighted by molar-refractivity contribution is 0.269. The summed E-state index contributed by atoms with van der Waals surface area (Å²) in [4.78, 5) is 13.5. The van der Waals surface area contributed by atoms with Crippen molar-refractivity contribution in [3.63, 3.8) is 0 Å². The number of aliphatic hydroxyl groups is 1. The minimum atomic E-state index is -0.245. The Labute approximate surface area is 187 Å². The van der Waals surface area contributed by atoms with Gasteiger partial charge in [-0.05, 0) is 31.2 Å². The second-order valence-corrected chi connectivity index (χ2v) is 8.83. The minimum absolute atomic E-state index is 0.0615. The van der Waals surface area contributed by atoms with Crippen LogP contribution in [0.15, 0.2) is 48.5 Å². The highest BCUT2D eigenvalue weighted by molar-refractivity contribution is 5.68. The van der Waals surface area contributed by atoms with E-state index in [4.69, 9.17) is 10.7 Å². The number of rotatable bonds is 5. The first kappa shape index (κ1) is 21.6. The monoisotopic (exact) mass is 429 g/mol. The van der Waals surface area contributed by atoms with E-state index in [0.29, 0.717) is 29.3 Å². The van der Waals surface area contributed by atoms with Crippen LogP contribution < -0.4 is 5.73 Å². The van der Waals surface area contributed by atoms with Crippen LogP contribution in [0.1, 0.15) is 43.4 Å². The lowest BCUT2D eigenvalue weighted by Crippen LogP contribution is -2.16. The fourth-order valence-corrected chi connectivity index (χ4v) is 3.49. The Morgan fingerprint density at radius 1 is 0.969 bits per heavy atom. The molecule has 32 heavy (non-hydrogen) atoms. The van der Waals surface area contributed by atoms with Gasteiger partial charge in [0.1, 0.15) is 5.69 Å². The summed E-state index contributed by atoms with van der Waals surface area (Å²) in [6.07, 6.45) is 0. The van der Waals surface area contributed by atoms with Gasteiger partial charge in [-0.25, -0.2) is 14.6 Å². The molecule has 0 aliphatic rings. The van der Waals surface area contributed by atoms with E-state index in [1.54, 1.807) is 4.68 Å². The third kappa shape index (κ3) is 4.50. The number of anilines is 1. The largest absolute Gasteiger partial charge is 0.390 e. The molecule has 0 spiro atoms.